The summed E-state index contributed by atoms with van der Waals surface area (Å²) in [5.41, 5.74) is 3.56. The number of nitrogens with zero attached hydrogens (tertiary/aromatic N) is 1. The lowest BCUT2D eigenvalue weighted by atomic mass is 10.2. The third-order valence-corrected chi connectivity index (χ3v) is 1.90. The van der Waals surface area contributed by atoms with Crippen molar-refractivity contribution in [1.82, 2.24) is 5.43 Å². The molecule has 1 N–H and O–H groups in total. The van der Waals surface area contributed by atoms with Gasteiger partial charge in [-0.3, -0.25) is 0 Å². The molecule has 1 aromatic rings. The predicted molar refractivity (Wildman–Crippen MR) is 60.4 cm³/mol. The van der Waals surface area contributed by atoms with Gasteiger partial charge >= 0.3 is 0 Å². The Bertz CT molecular complexity index is 356. The molecule has 0 unspecified atom stereocenters. The molecule has 16 heavy (non-hydrogen) atoms. The molecule has 1 rings (SSSR count). The Morgan fingerprint density at radius 3 is 2.94 bits per heavy atom. The van der Waals surface area contributed by atoms with Crippen LogP contribution in [0.2, 0.25) is 0 Å². The van der Waals surface area contributed by atoms with Crippen LogP contribution in [0, 0.1) is 5.82 Å². The van der Waals surface area contributed by atoms with Crippen LogP contribution in [0.3, 0.4) is 0 Å². The van der Waals surface area contributed by atoms with Crippen LogP contribution >= 0.6 is 0 Å². The number of hydrogen-bond acceptors (Lipinski definition) is 4. The topological polar surface area (TPSA) is 42.8 Å². The highest BCUT2D eigenvalue weighted by molar-refractivity contribution is 5.80. The Labute approximate surface area is 94.1 Å². The second-order valence-electron chi connectivity index (χ2n) is 3.05. The van der Waals surface area contributed by atoms with Crippen LogP contribution in [0.5, 0.6) is 5.75 Å². The van der Waals surface area contributed by atoms with Crippen molar-refractivity contribution in [2.24, 2.45) is 5.10 Å². The standard InChI is InChI=1S/C11H15FN2O2/c1-15-6-5-13-14-8-9-3-4-10(12)11(7-9)16-2/h3-4,7-8,13H,5-6H2,1-2H3/b14-8+. The van der Waals surface area contributed by atoms with Crippen LogP contribution in [0.1, 0.15) is 5.56 Å². The molecule has 0 radical (unpaired) electrons. The maximum absolute atomic E-state index is 13.1. The molecule has 0 fully saturated rings. The number of hydrazone groups is 1. The molecule has 0 atom stereocenters. The summed E-state index contributed by atoms with van der Waals surface area (Å²) in [7, 11) is 3.05. The van der Waals surface area contributed by atoms with E-state index < -0.39 is 0 Å². The van der Waals surface area contributed by atoms with Gasteiger partial charge in [-0.15, -0.1) is 0 Å². The number of benzene rings is 1. The Hall–Kier alpha value is -1.62. The van der Waals surface area contributed by atoms with Gasteiger partial charge in [-0.2, -0.15) is 5.10 Å². The van der Waals surface area contributed by atoms with Crippen molar-refractivity contribution in [2.45, 2.75) is 0 Å². The molecular formula is C11H15FN2O2. The summed E-state index contributed by atoms with van der Waals surface area (Å²) in [6, 6.07) is 4.55. The second kappa shape index (κ2) is 6.79. The van der Waals surface area contributed by atoms with Crippen LogP contribution in [-0.2, 0) is 4.74 Å². The van der Waals surface area contributed by atoms with Gasteiger partial charge in [0.25, 0.3) is 0 Å². The van der Waals surface area contributed by atoms with E-state index in [1.54, 1.807) is 25.5 Å². The minimum absolute atomic E-state index is 0.209. The maximum Gasteiger partial charge on any atom is 0.165 e. The van der Waals surface area contributed by atoms with E-state index in [1.165, 1.54) is 13.2 Å². The zero-order chi connectivity index (χ0) is 11.8. The first-order chi connectivity index (χ1) is 7.77. The lowest BCUT2D eigenvalue weighted by Crippen LogP contribution is -2.12. The molecule has 0 amide bonds. The zero-order valence-electron chi connectivity index (χ0n) is 9.37. The van der Waals surface area contributed by atoms with Crippen molar-refractivity contribution in [1.29, 1.82) is 0 Å². The summed E-state index contributed by atoms with van der Waals surface area (Å²) < 4.78 is 22.8. The molecule has 0 saturated heterocycles. The summed E-state index contributed by atoms with van der Waals surface area (Å²) in [4.78, 5) is 0. The highest BCUT2D eigenvalue weighted by Gasteiger charge is 2.01. The molecular weight excluding hydrogens is 211 g/mol. The first-order valence-corrected chi connectivity index (χ1v) is 4.86. The summed E-state index contributed by atoms with van der Waals surface area (Å²) in [6.45, 7) is 1.22. The smallest absolute Gasteiger partial charge is 0.165 e. The second-order valence-corrected chi connectivity index (χ2v) is 3.05. The number of methoxy groups -OCH3 is 2. The highest BCUT2D eigenvalue weighted by atomic mass is 19.1. The van der Waals surface area contributed by atoms with Crippen LogP contribution in [0.4, 0.5) is 4.39 Å². The Balaban J connectivity index is 2.53. The van der Waals surface area contributed by atoms with Gasteiger partial charge in [-0.25, -0.2) is 4.39 Å². The molecule has 5 heteroatoms. The van der Waals surface area contributed by atoms with Crippen molar-refractivity contribution in [3.8, 4) is 5.75 Å². The molecule has 1 aromatic carbocycles. The van der Waals surface area contributed by atoms with Gasteiger partial charge in [0.15, 0.2) is 11.6 Å². The van der Waals surface area contributed by atoms with E-state index in [9.17, 15) is 4.39 Å². The highest BCUT2D eigenvalue weighted by Crippen LogP contribution is 2.16. The maximum atomic E-state index is 13.1. The van der Waals surface area contributed by atoms with E-state index in [1.807, 2.05) is 0 Å². The Kier molecular flexibility index (Phi) is 5.28. The van der Waals surface area contributed by atoms with E-state index in [-0.39, 0.29) is 11.6 Å². The number of ether oxygens (including phenoxy) is 2. The minimum Gasteiger partial charge on any atom is -0.494 e. The van der Waals surface area contributed by atoms with Crippen molar-refractivity contribution < 1.29 is 13.9 Å². The summed E-state index contributed by atoms with van der Waals surface area (Å²) in [5.74, 6) is -0.173. The van der Waals surface area contributed by atoms with E-state index in [4.69, 9.17) is 9.47 Å². The molecule has 0 bridgehead atoms. The molecule has 0 aromatic heterocycles. The van der Waals surface area contributed by atoms with Gasteiger partial charge in [0.05, 0.1) is 26.5 Å². The zero-order valence-corrected chi connectivity index (χ0v) is 9.37. The first kappa shape index (κ1) is 12.4. The van der Waals surface area contributed by atoms with E-state index >= 15 is 0 Å². The third-order valence-electron chi connectivity index (χ3n) is 1.90. The van der Waals surface area contributed by atoms with Crippen molar-refractivity contribution in [2.75, 3.05) is 27.4 Å². The molecule has 4 nitrogen and oxygen atoms in total. The fourth-order valence-corrected chi connectivity index (χ4v) is 1.09. The Morgan fingerprint density at radius 2 is 2.25 bits per heavy atom. The van der Waals surface area contributed by atoms with Crippen molar-refractivity contribution >= 4 is 6.21 Å². The van der Waals surface area contributed by atoms with Gasteiger partial charge in [0, 0.05) is 7.11 Å². The first-order valence-electron chi connectivity index (χ1n) is 4.86. The minimum atomic E-state index is -0.382. The van der Waals surface area contributed by atoms with Crippen LogP contribution in [0.15, 0.2) is 23.3 Å². The van der Waals surface area contributed by atoms with Crippen molar-refractivity contribution in [3.63, 3.8) is 0 Å². The SMILES string of the molecule is COCCN/N=C/c1ccc(F)c(OC)c1. The molecule has 88 valence electrons. The molecule has 0 saturated carbocycles. The molecule has 0 heterocycles. The van der Waals surface area contributed by atoms with Gasteiger partial charge < -0.3 is 14.9 Å². The molecule has 0 spiro atoms. The summed E-state index contributed by atoms with van der Waals surface area (Å²) >= 11 is 0. The van der Waals surface area contributed by atoms with E-state index in [0.717, 1.165) is 5.56 Å². The van der Waals surface area contributed by atoms with Crippen molar-refractivity contribution in [3.05, 3.63) is 29.6 Å². The normalized spacial score (nSPS) is 10.7. The number of halogens is 1. The summed E-state index contributed by atoms with van der Waals surface area (Å²) in [5, 5.41) is 3.95. The lowest BCUT2D eigenvalue weighted by molar-refractivity contribution is 0.200. The fraction of sp³-hybridized carbons (Fsp3) is 0.364. The largest absolute Gasteiger partial charge is 0.494 e. The summed E-state index contributed by atoms with van der Waals surface area (Å²) in [6.07, 6.45) is 1.59. The third kappa shape index (κ3) is 3.86. The Morgan fingerprint density at radius 1 is 1.44 bits per heavy atom. The average molecular weight is 226 g/mol. The molecule has 0 aliphatic carbocycles. The number of nitrogens with one attached hydrogen (secondary N) is 1. The average Bonchev–Trinajstić information content (AvgIpc) is 2.31. The predicted octanol–water partition coefficient (Wildman–Crippen LogP) is 1.40. The van der Waals surface area contributed by atoms with Gasteiger partial charge in [-0.1, -0.05) is 6.07 Å². The quantitative estimate of drug-likeness (QED) is 0.453. The fourth-order valence-electron chi connectivity index (χ4n) is 1.09. The van der Waals surface area contributed by atoms with Crippen LogP contribution < -0.4 is 10.2 Å². The monoisotopic (exact) mass is 226 g/mol. The van der Waals surface area contributed by atoms with Gasteiger partial charge in [0.2, 0.25) is 0 Å². The van der Waals surface area contributed by atoms with Crippen LogP contribution in [-0.4, -0.2) is 33.6 Å². The molecule has 0 aliphatic heterocycles. The lowest BCUT2D eigenvalue weighted by Gasteiger charge is -2.02. The van der Waals surface area contributed by atoms with Gasteiger partial charge in [-0.05, 0) is 17.7 Å². The number of rotatable bonds is 6. The van der Waals surface area contributed by atoms with E-state index in [2.05, 4.69) is 10.5 Å². The van der Waals surface area contributed by atoms with E-state index in [0.29, 0.717) is 13.2 Å². The van der Waals surface area contributed by atoms with Crippen LogP contribution in [0.25, 0.3) is 0 Å². The number of hydrogen-bond donors (Lipinski definition) is 1. The van der Waals surface area contributed by atoms with Gasteiger partial charge in [0.1, 0.15) is 0 Å². The molecule has 0 aliphatic rings.